The number of rotatable bonds is 6. The number of hydrogen-bond acceptors (Lipinski definition) is 9. The monoisotopic (exact) mass is 441 g/mol. The van der Waals surface area contributed by atoms with E-state index < -0.39 is 31.2 Å². The molecule has 1 aromatic rings. The summed E-state index contributed by atoms with van der Waals surface area (Å²) in [5, 5.41) is 21.2. The molecule has 0 unspecified atom stereocenters. The number of likely N-dealkylation sites (tertiary alicyclic amines) is 1. The molecule has 10 nitrogen and oxygen atoms in total. The van der Waals surface area contributed by atoms with Crippen LogP contribution in [0.25, 0.3) is 0 Å². The maximum Gasteiger partial charge on any atom is 0.247 e. The zero-order chi connectivity index (χ0) is 22.9. The molecule has 1 aromatic heterocycles. The first-order chi connectivity index (χ1) is 13.7. The third-order valence-corrected chi connectivity index (χ3v) is 8.53. The van der Waals surface area contributed by atoms with E-state index in [1.54, 1.807) is 13.8 Å². The third kappa shape index (κ3) is 4.72. The van der Waals surface area contributed by atoms with Gasteiger partial charge in [-0.2, -0.15) is 0 Å². The highest BCUT2D eigenvalue weighted by Gasteiger charge is 2.47. The summed E-state index contributed by atoms with van der Waals surface area (Å²) in [6.07, 6.45) is 0.982. The summed E-state index contributed by atoms with van der Waals surface area (Å²) in [5.41, 5.74) is -0.704. The van der Waals surface area contributed by atoms with Crippen LogP contribution in [0.15, 0.2) is 10.6 Å². The molecule has 2 heterocycles. The standard InChI is InChI=1S/C19H31N5O5S/c1-12(20)28-16(21)18(2,3)14-11-15(29-23-14)22-17(25)19(4,5)30(26,27)13-7-9-24(6)10-8-13/h11,13,20-21H,7-10H2,1-6H3,(H,22,25). The van der Waals surface area contributed by atoms with E-state index in [9.17, 15) is 13.2 Å². The van der Waals surface area contributed by atoms with Crippen molar-refractivity contribution in [3.63, 3.8) is 0 Å². The van der Waals surface area contributed by atoms with E-state index in [1.807, 2.05) is 7.05 Å². The molecule has 1 aliphatic rings. The van der Waals surface area contributed by atoms with Crippen molar-refractivity contribution >= 4 is 33.4 Å². The Morgan fingerprint density at radius 1 is 1.27 bits per heavy atom. The Kier molecular flexibility index (Phi) is 6.77. The molecule has 1 aliphatic heterocycles. The number of sulfone groups is 1. The first-order valence-corrected chi connectivity index (χ1v) is 11.3. The number of carbonyl (C=O) groups excluding carboxylic acids is 1. The normalized spacial score (nSPS) is 16.9. The van der Waals surface area contributed by atoms with Gasteiger partial charge in [-0.1, -0.05) is 5.16 Å². The number of carbonyl (C=O) groups is 1. The highest BCUT2D eigenvalue weighted by atomic mass is 32.2. The van der Waals surface area contributed by atoms with Crippen LogP contribution in [0, 0.1) is 10.8 Å². The highest BCUT2D eigenvalue weighted by molar-refractivity contribution is 7.94. The van der Waals surface area contributed by atoms with E-state index in [0.717, 1.165) is 0 Å². The fraction of sp³-hybridized carbons (Fsp3) is 0.684. The predicted molar refractivity (Wildman–Crippen MR) is 114 cm³/mol. The van der Waals surface area contributed by atoms with Gasteiger partial charge in [0.15, 0.2) is 15.7 Å². The number of hydrogen-bond donors (Lipinski definition) is 3. The van der Waals surface area contributed by atoms with Gasteiger partial charge < -0.3 is 14.2 Å². The molecule has 0 spiro atoms. The van der Waals surface area contributed by atoms with Crippen molar-refractivity contribution < 1.29 is 22.5 Å². The summed E-state index contributed by atoms with van der Waals surface area (Å²) < 4.78 is 34.8. The van der Waals surface area contributed by atoms with Crippen LogP contribution in [0.4, 0.5) is 5.88 Å². The van der Waals surface area contributed by atoms with Crippen molar-refractivity contribution in [2.24, 2.45) is 0 Å². The minimum atomic E-state index is -3.73. The van der Waals surface area contributed by atoms with Gasteiger partial charge in [-0.05, 0) is 60.7 Å². The number of amides is 1. The molecule has 0 aliphatic carbocycles. The Labute approximate surface area is 177 Å². The lowest BCUT2D eigenvalue weighted by molar-refractivity contribution is -0.118. The molecule has 11 heteroatoms. The first-order valence-electron chi connectivity index (χ1n) is 9.72. The quantitative estimate of drug-likeness (QED) is 0.452. The summed E-state index contributed by atoms with van der Waals surface area (Å²) in [5.74, 6) is -1.06. The van der Waals surface area contributed by atoms with Gasteiger partial charge in [0.1, 0.15) is 10.4 Å². The Morgan fingerprint density at radius 3 is 2.37 bits per heavy atom. The average Bonchev–Trinajstić information content (AvgIpc) is 3.10. The van der Waals surface area contributed by atoms with Crippen LogP contribution in [-0.4, -0.2) is 66.3 Å². The Balaban J connectivity index is 2.16. The molecule has 0 saturated carbocycles. The zero-order valence-electron chi connectivity index (χ0n) is 18.3. The summed E-state index contributed by atoms with van der Waals surface area (Å²) in [6.45, 7) is 8.87. The van der Waals surface area contributed by atoms with E-state index in [4.69, 9.17) is 20.1 Å². The number of nitrogens with zero attached hydrogens (tertiary/aromatic N) is 2. The van der Waals surface area contributed by atoms with E-state index in [1.165, 1.54) is 26.8 Å². The van der Waals surface area contributed by atoms with Gasteiger partial charge in [0.2, 0.25) is 17.7 Å². The van der Waals surface area contributed by atoms with Crippen molar-refractivity contribution in [2.45, 2.75) is 62.9 Å². The van der Waals surface area contributed by atoms with Gasteiger partial charge >= 0.3 is 0 Å². The van der Waals surface area contributed by atoms with Gasteiger partial charge in [-0.3, -0.25) is 20.9 Å². The second kappa shape index (κ2) is 8.46. The minimum absolute atomic E-state index is 0.0193. The average molecular weight is 442 g/mol. The minimum Gasteiger partial charge on any atom is -0.429 e. The lowest BCUT2D eigenvalue weighted by Crippen LogP contribution is -2.51. The largest absolute Gasteiger partial charge is 0.429 e. The molecule has 1 fully saturated rings. The van der Waals surface area contributed by atoms with Crippen LogP contribution >= 0.6 is 0 Å². The topological polar surface area (TPSA) is 149 Å². The molecule has 3 N–H and O–H groups in total. The predicted octanol–water partition coefficient (Wildman–Crippen LogP) is 2.17. The molecule has 168 valence electrons. The lowest BCUT2D eigenvalue weighted by Gasteiger charge is -2.33. The summed E-state index contributed by atoms with van der Waals surface area (Å²) in [6, 6.07) is 1.42. The zero-order valence-corrected chi connectivity index (χ0v) is 19.1. The van der Waals surface area contributed by atoms with Gasteiger partial charge in [0, 0.05) is 13.0 Å². The smallest absolute Gasteiger partial charge is 0.247 e. The van der Waals surface area contributed by atoms with Crippen LogP contribution in [0.5, 0.6) is 0 Å². The van der Waals surface area contributed by atoms with Gasteiger partial charge in [-0.15, -0.1) is 0 Å². The fourth-order valence-electron chi connectivity index (χ4n) is 3.13. The van der Waals surface area contributed by atoms with Gasteiger partial charge in [-0.25, -0.2) is 8.42 Å². The van der Waals surface area contributed by atoms with E-state index >= 15 is 0 Å². The van der Waals surface area contributed by atoms with Crippen LogP contribution in [0.2, 0.25) is 0 Å². The number of anilines is 1. The molecule has 1 amide bonds. The fourth-order valence-corrected chi connectivity index (χ4v) is 5.10. The summed E-state index contributed by atoms with van der Waals surface area (Å²) in [4.78, 5) is 14.9. The molecule has 1 saturated heterocycles. The SMILES string of the molecule is CC(=N)OC(=N)C(C)(C)c1cc(NC(=O)C(C)(C)S(=O)(=O)C2CCN(C)CC2)on1. The molecule has 0 radical (unpaired) electrons. The second-order valence-corrected chi connectivity index (χ2v) is 11.5. The molecule has 0 aromatic carbocycles. The Morgan fingerprint density at radius 2 is 1.83 bits per heavy atom. The van der Waals surface area contributed by atoms with Crippen molar-refractivity contribution in [1.82, 2.24) is 10.1 Å². The summed E-state index contributed by atoms with van der Waals surface area (Å²) in [7, 11) is -1.79. The maximum absolute atomic E-state index is 13.1. The number of ether oxygens (including phenoxy) is 1. The molecule has 0 bridgehead atoms. The molecule has 0 atom stereocenters. The second-order valence-electron chi connectivity index (χ2n) is 8.70. The van der Waals surface area contributed by atoms with Crippen LogP contribution in [0.1, 0.15) is 53.2 Å². The van der Waals surface area contributed by atoms with E-state index in [2.05, 4.69) is 15.4 Å². The lowest BCUT2D eigenvalue weighted by atomic mass is 9.89. The Bertz CT molecular complexity index is 927. The van der Waals surface area contributed by atoms with E-state index in [-0.39, 0.29) is 17.7 Å². The van der Waals surface area contributed by atoms with Gasteiger partial charge in [0.05, 0.1) is 10.7 Å². The maximum atomic E-state index is 13.1. The molecule has 2 rings (SSSR count). The third-order valence-electron chi connectivity index (χ3n) is 5.57. The highest BCUT2D eigenvalue weighted by Crippen LogP contribution is 2.30. The number of aromatic nitrogens is 1. The van der Waals surface area contributed by atoms with Crippen molar-refractivity contribution in [2.75, 3.05) is 25.5 Å². The first kappa shape index (κ1) is 24.0. The number of nitrogens with one attached hydrogen (secondary N) is 3. The van der Waals surface area contributed by atoms with Crippen molar-refractivity contribution in [1.29, 1.82) is 10.8 Å². The van der Waals surface area contributed by atoms with Gasteiger partial charge in [0.25, 0.3) is 0 Å². The summed E-state index contributed by atoms with van der Waals surface area (Å²) >= 11 is 0. The molecule has 30 heavy (non-hydrogen) atoms. The van der Waals surface area contributed by atoms with Crippen LogP contribution < -0.4 is 5.32 Å². The van der Waals surface area contributed by atoms with Crippen molar-refractivity contribution in [3.05, 3.63) is 11.8 Å². The van der Waals surface area contributed by atoms with Crippen molar-refractivity contribution in [3.8, 4) is 0 Å². The van der Waals surface area contributed by atoms with Crippen LogP contribution in [-0.2, 0) is 24.8 Å². The van der Waals surface area contributed by atoms with Crippen LogP contribution in [0.3, 0.4) is 0 Å². The Hall–Kier alpha value is -2.27. The molecular weight excluding hydrogens is 410 g/mol. The molecular formula is C19H31N5O5S. The number of piperidine rings is 1. The van der Waals surface area contributed by atoms with E-state index in [0.29, 0.717) is 31.6 Å².